The van der Waals surface area contributed by atoms with E-state index in [2.05, 4.69) is 9.97 Å². The lowest BCUT2D eigenvalue weighted by atomic mass is 10.0. The van der Waals surface area contributed by atoms with Gasteiger partial charge in [0.05, 0.1) is 18.3 Å². The van der Waals surface area contributed by atoms with Gasteiger partial charge in [-0.1, -0.05) is 65.3 Å². The van der Waals surface area contributed by atoms with Crippen LogP contribution in [0.25, 0.3) is 0 Å². The molecule has 0 radical (unpaired) electrons. The van der Waals surface area contributed by atoms with Gasteiger partial charge in [-0.25, -0.2) is 9.97 Å². The van der Waals surface area contributed by atoms with Crippen molar-refractivity contribution in [3.8, 4) is 5.75 Å². The van der Waals surface area contributed by atoms with Gasteiger partial charge in [-0.05, 0) is 36.4 Å². The van der Waals surface area contributed by atoms with E-state index in [1.807, 2.05) is 31.2 Å². The number of aromatic nitrogens is 2. The van der Waals surface area contributed by atoms with Crippen molar-refractivity contribution in [2.24, 2.45) is 5.73 Å². The van der Waals surface area contributed by atoms with E-state index in [9.17, 15) is 9.59 Å². The average Bonchev–Trinajstić information content (AvgIpc) is 2.80. The minimum Gasteiger partial charge on any atom is -0.497 e. The van der Waals surface area contributed by atoms with Gasteiger partial charge in [0.15, 0.2) is 10.9 Å². The number of carbonyl (C=O) groups excluding carboxylic acids is 2. The topological polar surface area (TPSA) is 98.4 Å². The number of hydrogen-bond donors (Lipinski definition) is 1. The molecule has 1 unspecified atom stereocenters. The summed E-state index contributed by atoms with van der Waals surface area (Å²) in [4.78, 5) is 36.1. The Morgan fingerprint density at radius 3 is 2.56 bits per heavy atom. The highest BCUT2D eigenvalue weighted by atomic mass is 35.5. The summed E-state index contributed by atoms with van der Waals surface area (Å²) < 4.78 is 5.29. The van der Waals surface area contributed by atoms with Crippen molar-refractivity contribution in [1.29, 1.82) is 0 Å². The number of thioether (sulfide) groups is 1. The molecule has 166 valence electrons. The summed E-state index contributed by atoms with van der Waals surface area (Å²) in [5, 5.41) is 0.487. The van der Waals surface area contributed by atoms with Crippen molar-refractivity contribution in [2.45, 2.75) is 24.7 Å². The van der Waals surface area contributed by atoms with Gasteiger partial charge in [-0.3, -0.25) is 9.59 Å². The highest BCUT2D eigenvalue weighted by molar-refractivity contribution is 7.98. The van der Waals surface area contributed by atoms with Gasteiger partial charge >= 0.3 is 0 Å². The summed E-state index contributed by atoms with van der Waals surface area (Å²) in [6.45, 7) is 2.10. The molecule has 32 heavy (non-hydrogen) atoms. The van der Waals surface area contributed by atoms with Gasteiger partial charge < -0.3 is 15.4 Å². The van der Waals surface area contributed by atoms with Crippen LogP contribution in [0.1, 0.15) is 33.2 Å². The Hall–Kier alpha value is -3.10. The number of nitrogens with two attached hydrogens (primary N) is 1. The fourth-order valence-corrected chi connectivity index (χ4v) is 3.73. The summed E-state index contributed by atoms with van der Waals surface area (Å²) in [6.07, 6.45) is 3.17. The molecule has 1 heterocycles. The third kappa shape index (κ3) is 5.38. The van der Waals surface area contributed by atoms with Crippen molar-refractivity contribution in [3.63, 3.8) is 0 Å². The van der Waals surface area contributed by atoms with E-state index in [-0.39, 0.29) is 17.3 Å². The third-order valence-electron chi connectivity index (χ3n) is 4.83. The number of primary amides is 1. The van der Waals surface area contributed by atoms with E-state index < -0.39 is 17.9 Å². The van der Waals surface area contributed by atoms with E-state index in [0.717, 1.165) is 11.1 Å². The Balaban J connectivity index is 2.12. The van der Waals surface area contributed by atoms with Gasteiger partial charge in [0.2, 0.25) is 5.91 Å². The molecule has 0 spiro atoms. The molecule has 2 aromatic carbocycles. The number of amides is 2. The van der Waals surface area contributed by atoms with E-state index in [1.165, 1.54) is 30.0 Å². The predicted molar refractivity (Wildman–Crippen MR) is 125 cm³/mol. The second-order valence-corrected chi connectivity index (χ2v) is 8.23. The number of methoxy groups -OCH3 is 1. The molecule has 3 aromatic rings. The largest absolute Gasteiger partial charge is 0.497 e. The van der Waals surface area contributed by atoms with Crippen molar-refractivity contribution in [2.75, 3.05) is 13.4 Å². The van der Waals surface area contributed by atoms with Crippen LogP contribution in [0.4, 0.5) is 0 Å². The van der Waals surface area contributed by atoms with Crippen LogP contribution in [0.5, 0.6) is 5.75 Å². The predicted octanol–water partition coefficient (Wildman–Crippen LogP) is 4.04. The second kappa shape index (κ2) is 10.5. The van der Waals surface area contributed by atoms with Gasteiger partial charge in [0.25, 0.3) is 5.91 Å². The minimum atomic E-state index is -1.07. The summed E-state index contributed by atoms with van der Waals surface area (Å²) in [6, 6.07) is 13.5. The Morgan fingerprint density at radius 2 is 1.94 bits per heavy atom. The summed E-state index contributed by atoms with van der Waals surface area (Å²) in [5.41, 5.74) is 8.24. The maximum atomic E-state index is 13.7. The number of ether oxygens (including phenoxy) is 1. The number of aryl methyl sites for hydroxylation is 1. The number of halogens is 1. The molecule has 0 fully saturated rings. The highest BCUT2D eigenvalue weighted by Crippen LogP contribution is 2.29. The molecule has 3 rings (SSSR count). The third-order valence-corrected chi connectivity index (χ3v) is 5.67. The van der Waals surface area contributed by atoms with Crippen LogP contribution in [0.3, 0.4) is 0 Å². The number of rotatable bonds is 8. The molecular weight excluding hydrogens is 448 g/mol. The zero-order valence-electron chi connectivity index (χ0n) is 17.9. The Labute approximate surface area is 196 Å². The van der Waals surface area contributed by atoms with Crippen molar-refractivity contribution in [1.82, 2.24) is 14.9 Å². The summed E-state index contributed by atoms with van der Waals surface area (Å²) >= 11 is 7.56. The van der Waals surface area contributed by atoms with Crippen LogP contribution >= 0.6 is 23.4 Å². The SMILES string of the molecule is COc1cccc(C(C(N)=O)N(Cc2ccc(C)cc2)C(=O)c2nc(SC)ncc2Cl)c1. The van der Waals surface area contributed by atoms with Crippen LogP contribution in [0.15, 0.2) is 59.9 Å². The quantitative estimate of drug-likeness (QED) is 0.394. The maximum Gasteiger partial charge on any atom is 0.275 e. The minimum absolute atomic E-state index is 0.00674. The van der Waals surface area contributed by atoms with Crippen molar-refractivity contribution >= 4 is 35.2 Å². The monoisotopic (exact) mass is 470 g/mol. The van der Waals surface area contributed by atoms with Crippen LogP contribution in [-0.4, -0.2) is 40.0 Å². The van der Waals surface area contributed by atoms with E-state index in [4.69, 9.17) is 22.1 Å². The first-order valence-corrected chi connectivity index (χ1v) is 11.3. The van der Waals surface area contributed by atoms with Crippen LogP contribution < -0.4 is 10.5 Å². The maximum absolute atomic E-state index is 13.7. The van der Waals surface area contributed by atoms with E-state index in [1.54, 1.807) is 30.5 Å². The molecule has 9 heteroatoms. The number of nitrogens with zero attached hydrogens (tertiary/aromatic N) is 3. The zero-order chi connectivity index (χ0) is 23.3. The molecule has 2 N–H and O–H groups in total. The Morgan fingerprint density at radius 1 is 1.22 bits per heavy atom. The Bertz CT molecular complexity index is 1120. The molecule has 0 saturated heterocycles. The fourth-order valence-electron chi connectivity index (χ4n) is 3.22. The van der Waals surface area contributed by atoms with Crippen molar-refractivity contribution < 1.29 is 14.3 Å². The standard InChI is InChI=1S/C23H23ClN4O3S/c1-14-7-9-15(10-8-14)13-28(22(30)19-18(24)12-26-23(27-19)32-3)20(21(25)29)16-5-4-6-17(11-16)31-2/h4-12,20H,13H2,1-3H3,(H2,25,29). The molecular formula is C23H23ClN4O3S. The fraction of sp³-hybridized carbons (Fsp3) is 0.217. The Kier molecular flexibility index (Phi) is 7.71. The van der Waals surface area contributed by atoms with Crippen LogP contribution in [0.2, 0.25) is 5.02 Å². The molecule has 0 aliphatic carbocycles. The van der Waals surface area contributed by atoms with Crippen LogP contribution in [0, 0.1) is 6.92 Å². The highest BCUT2D eigenvalue weighted by Gasteiger charge is 2.33. The van der Waals surface area contributed by atoms with E-state index >= 15 is 0 Å². The number of carbonyl (C=O) groups is 2. The first-order valence-electron chi connectivity index (χ1n) is 9.70. The molecule has 1 aromatic heterocycles. The molecule has 0 aliphatic heterocycles. The molecule has 7 nitrogen and oxygen atoms in total. The molecule has 0 saturated carbocycles. The lowest BCUT2D eigenvalue weighted by molar-refractivity contribution is -0.122. The van der Waals surface area contributed by atoms with Gasteiger partial charge in [-0.15, -0.1) is 0 Å². The molecule has 0 bridgehead atoms. The number of hydrogen-bond acceptors (Lipinski definition) is 6. The molecule has 2 amide bonds. The zero-order valence-corrected chi connectivity index (χ0v) is 19.5. The molecule has 0 aliphatic rings. The first-order chi connectivity index (χ1) is 15.3. The first kappa shape index (κ1) is 23.6. The normalized spacial score (nSPS) is 11.6. The molecule has 1 atom stereocenters. The summed E-state index contributed by atoms with van der Waals surface area (Å²) in [7, 11) is 1.53. The van der Waals surface area contributed by atoms with Crippen molar-refractivity contribution in [3.05, 3.63) is 82.1 Å². The van der Waals surface area contributed by atoms with Gasteiger partial charge in [0, 0.05) is 6.54 Å². The summed E-state index contributed by atoms with van der Waals surface area (Å²) in [5.74, 6) is -0.671. The van der Waals surface area contributed by atoms with Gasteiger partial charge in [-0.2, -0.15) is 0 Å². The average molecular weight is 471 g/mol. The van der Waals surface area contributed by atoms with Gasteiger partial charge in [0.1, 0.15) is 11.8 Å². The smallest absolute Gasteiger partial charge is 0.275 e. The second-order valence-electron chi connectivity index (χ2n) is 7.05. The number of benzene rings is 2. The lowest BCUT2D eigenvalue weighted by Gasteiger charge is -2.30. The lowest BCUT2D eigenvalue weighted by Crippen LogP contribution is -2.41. The van der Waals surface area contributed by atoms with Crippen LogP contribution in [-0.2, 0) is 11.3 Å². The van der Waals surface area contributed by atoms with E-state index in [0.29, 0.717) is 16.5 Å².